The molecule has 4 rings (SSSR count). The Morgan fingerprint density at radius 3 is 2.70 bits per heavy atom. The number of rotatable bonds is 7. The van der Waals surface area contributed by atoms with Crippen molar-refractivity contribution in [1.82, 2.24) is 14.8 Å². The highest BCUT2D eigenvalue weighted by Gasteiger charge is 2.31. The van der Waals surface area contributed by atoms with Gasteiger partial charge in [-0.2, -0.15) is 0 Å². The van der Waals surface area contributed by atoms with Crippen LogP contribution in [0.2, 0.25) is 0 Å². The molecule has 0 spiro atoms. The van der Waals surface area contributed by atoms with Crippen LogP contribution in [0.15, 0.2) is 78.6 Å². The normalized spacial score (nSPS) is 14.9. The van der Waals surface area contributed by atoms with Crippen LogP contribution in [-0.2, 0) is 6.54 Å². The lowest BCUT2D eigenvalue weighted by Crippen LogP contribution is -2.49. The first-order chi connectivity index (χ1) is 16.1. The predicted molar refractivity (Wildman–Crippen MR) is 130 cm³/mol. The second kappa shape index (κ2) is 11.0. The van der Waals surface area contributed by atoms with Gasteiger partial charge in [-0.1, -0.05) is 36.4 Å². The average molecular weight is 464 g/mol. The van der Waals surface area contributed by atoms with Crippen LogP contribution in [-0.4, -0.2) is 45.7 Å². The van der Waals surface area contributed by atoms with E-state index in [1.54, 1.807) is 11.0 Å². The lowest BCUT2D eigenvalue weighted by Gasteiger charge is -2.38. The molecule has 0 saturated carbocycles. The van der Waals surface area contributed by atoms with Crippen LogP contribution in [0.5, 0.6) is 0 Å². The molecule has 1 aliphatic rings. The zero-order chi connectivity index (χ0) is 23.0. The first kappa shape index (κ1) is 22.8. The van der Waals surface area contributed by atoms with Crippen molar-refractivity contribution in [1.29, 1.82) is 5.41 Å². The number of nitrogens with zero attached hydrogens (tertiary/aromatic N) is 3. The van der Waals surface area contributed by atoms with Gasteiger partial charge in [0.2, 0.25) is 0 Å². The molecule has 2 aromatic heterocycles. The molecule has 0 radical (unpaired) electrons. The van der Waals surface area contributed by atoms with Crippen LogP contribution in [0.25, 0.3) is 0 Å². The molecular weight excluding hydrogens is 437 g/mol. The number of nitrogens with one attached hydrogen (secondary N) is 2. The third kappa shape index (κ3) is 5.91. The monoisotopic (exact) mass is 463 g/mol. The fourth-order valence-electron chi connectivity index (χ4n) is 3.95. The summed E-state index contributed by atoms with van der Waals surface area (Å²) in [5.41, 5.74) is 1.53. The highest BCUT2D eigenvalue weighted by Crippen LogP contribution is 2.23. The summed E-state index contributed by atoms with van der Waals surface area (Å²) in [5, 5.41) is 13.3. The number of carbonyl (C=O) groups excluding carboxylic acids is 1. The summed E-state index contributed by atoms with van der Waals surface area (Å²) in [6.07, 6.45) is 7.17. The van der Waals surface area contributed by atoms with Crippen LogP contribution >= 0.6 is 11.3 Å². The van der Waals surface area contributed by atoms with Crippen molar-refractivity contribution >= 4 is 28.8 Å². The Morgan fingerprint density at radius 1 is 1.21 bits per heavy atom. The van der Waals surface area contributed by atoms with Gasteiger partial charge in [0.25, 0.3) is 5.91 Å². The topological polar surface area (TPSA) is 72.3 Å². The minimum atomic E-state index is -0.481. The molecule has 1 amide bonds. The molecular formula is C25H26FN5OS. The number of amidine groups is 1. The maximum absolute atomic E-state index is 13.8. The highest BCUT2D eigenvalue weighted by molar-refractivity contribution is 7.12. The zero-order valence-electron chi connectivity index (χ0n) is 18.2. The Hall–Kier alpha value is -3.36. The van der Waals surface area contributed by atoms with Crippen LogP contribution in [0.3, 0.4) is 0 Å². The second-order valence-corrected chi connectivity index (χ2v) is 8.81. The number of anilines is 1. The summed E-state index contributed by atoms with van der Waals surface area (Å²) < 4.78 is 13.8. The lowest BCUT2D eigenvalue weighted by atomic mass is 10.0. The highest BCUT2D eigenvalue weighted by atomic mass is 32.1. The third-order valence-corrected chi connectivity index (χ3v) is 6.49. The molecule has 3 heterocycles. The van der Waals surface area contributed by atoms with Gasteiger partial charge in [0.15, 0.2) is 5.82 Å². The Balaban J connectivity index is 1.44. The average Bonchev–Trinajstić information content (AvgIpc) is 3.37. The molecule has 0 aliphatic carbocycles. The number of pyridine rings is 1. The van der Waals surface area contributed by atoms with Gasteiger partial charge in [0, 0.05) is 38.1 Å². The number of likely N-dealkylation sites (tertiary alicyclic amines) is 1. The summed E-state index contributed by atoms with van der Waals surface area (Å²) in [6.45, 7) is 2.59. The fourth-order valence-corrected chi connectivity index (χ4v) is 4.61. The number of amides is 1. The molecule has 6 nitrogen and oxygen atoms in total. The van der Waals surface area contributed by atoms with Gasteiger partial charge in [-0.05, 0) is 42.0 Å². The fraction of sp³-hybridized carbons (Fsp3) is 0.240. The van der Waals surface area contributed by atoms with Gasteiger partial charge >= 0.3 is 0 Å². The van der Waals surface area contributed by atoms with Crippen molar-refractivity contribution in [2.75, 3.05) is 18.4 Å². The van der Waals surface area contributed by atoms with Crippen molar-refractivity contribution in [3.8, 4) is 0 Å². The summed E-state index contributed by atoms with van der Waals surface area (Å²) in [6, 6.07) is 15.4. The number of hydrogen-bond donors (Lipinski definition) is 2. The van der Waals surface area contributed by atoms with Gasteiger partial charge < -0.3 is 5.32 Å². The SMILES string of the molecule is N=C(/C=C\Nc1ccncc1F)N(C(=O)c1cccs1)C1CCN(Cc2ccccc2)CC1. The second-order valence-electron chi connectivity index (χ2n) is 7.86. The van der Waals surface area contributed by atoms with Gasteiger partial charge in [-0.3, -0.25) is 25.0 Å². The van der Waals surface area contributed by atoms with Gasteiger partial charge in [-0.15, -0.1) is 11.3 Å². The molecule has 3 aromatic rings. The number of piperidine rings is 1. The minimum Gasteiger partial charge on any atom is -0.359 e. The van der Waals surface area contributed by atoms with E-state index in [0.29, 0.717) is 4.88 Å². The summed E-state index contributed by atoms with van der Waals surface area (Å²) in [5.74, 6) is -0.570. The molecule has 0 atom stereocenters. The van der Waals surface area contributed by atoms with E-state index >= 15 is 0 Å². The number of benzene rings is 1. The molecule has 2 N–H and O–H groups in total. The number of halogens is 1. The van der Waals surface area contributed by atoms with Gasteiger partial charge in [-0.25, -0.2) is 4.39 Å². The standard InChI is InChI=1S/C25H26FN5OS/c26-21-17-28-12-8-22(21)29-13-9-24(27)31(25(32)23-7-4-16-33-23)20-10-14-30(15-11-20)18-19-5-2-1-3-6-19/h1-9,12-13,16-17,20,27H,10-11,14-15,18H2,(H,28,29)/b13-9-,27-24?. The number of hydrogen-bond acceptors (Lipinski definition) is 6. The van der Waals surface area contributed by atoms with Crippen molar-refractivity contribution in [3.63, 3.8) is 0 Å². The number of carbonyl (C=O) groups is 1. The van der Waals surface area contributed by atoms with Gasteiger partial charge in [0.05, 0.1) is 16.8 Å². The van der Waals surface area contributed by atoms with E-state index in [9.17, 15) is 9.18 Å². The molecule has 0 unspecified atom stereocenters. The molecule has 1 fully saturated rings. The third-order valence-electron chi connectivity index (χ3n) is 5.63. The number of thiophene rings is 1. The van der Waals surface area contributed by atoms with E-state index in [4.69, 9.17) is 5.41 Å². The molecule has 8 heteroatoms. The van der Waals surface area contributed by atoms with E-state index in [0.717, 1.165) is 38.7 Å². The predicted octanol–water partition coefficient (Wildman–Crippen LogP) is 4.99. The van der Waals surface area contributed by atoms with Crippen LogP contribution in [0.1, 0.15) is 28.1 Å². The van der Waals surface area contributed by atoms with Crippen LogP contribution in [0, 0.1) is 11.2 Å². The van der Waals surface area contributed by atoms with Crippen molar-refractivity contribution in [2.24, 2.45) is 0 Å². The molecule has 170 valence electrons. The van der Waals surface area contributed by atoms with E-state index in [1.165, 1.54) is 41.4 Å². The Bertz CT molecular complexity index is 1100. The van der Waals surface area contributed by atoms with E-state index in [1.807, 2.05) is 29.6 Å². The maximum atomic E-state index is 13.8. The maximum Gasteiger partial charge on any atom is 0.269 e. The molecule has 33 heavy (non-hydrogen) atoms. The largest absolute Gasteiger partial charge is 0.359 e. The zero-order valence-corrected chi connectivity index (χ0v) is 19.0. The summed E-state index contributed by atoms with van der Waals surface area (Å²) in [7, 11) is 0. The Kier molecular flexibility index (Phi) is 7.59. The first-order valence-corrected chi connectivity index (χ1v) is 11.7. The van der Waals surface area contributed by atoms with Crippen LogP contribution in [0.4, 0.5) is 10.1 Å². The Labute approximate surface area is 196 Å². The van der Waals surface area contributed by atoms with Crippen molar-refractivity contribution in [2.45, 2.75) is 25.4 Å². The molecule has 1 aromatic carbocycles. The van der Waals surface area contributed by atoms with E-state index in [-0.39, 0.29) is 23.5 Å². The van der Waals surface area contributed by atoms with Gasteiger partial charge in [0.1, 0.15) is 5.84 Å². The van der Waals surface area contributed by atoms with E-state index < -0.39 is 5.82 Å². The molecule has 1 saturated heterocycles. The lowest BCUT2D eigenvalue weighted by molar-refractivity contribution is 0.0734. The first-order valence-electron chi connectivity index (χ1n) is 10.9. The Morgan fingerprint density at radius 2 is 2.00 bits per heavy atom. The minimum absolute atomic E-state index is 0.0681. The van der Waals surface area contributed by atoms with Crippen LogP contribution < -0.4 is 5.32 Å². The summed E-state index contributed by atoms with van der Waals surface area (Å²) in [4.78, 5) is 21.6. The van der Waals surface area contributed by atoms with Crippen molar-refractivity contribution < 1.29 is 9.18 Å². The van der Waals surface area contributed by atoms with E-state index in [2.05, 4.69) is 27.3 Å². The quantitative estimate of drug-likeness (QED) is 0.382. The van der Waals surface area contributed by atoms with Crippen molar-refractivity contribution in [3.05, 3.63) is 94.8 Å². The molecule has 0 bridgehead atoms. The summed E-state index contributed by atoms with van der Waals surface area (Å²) >= 11 is 1.37. The number of aromatic nitrogens is 1. The smallest absolute Gasteiger partial charge is 0.269 e. The molecule has 1 aliphatic heterocycles.